The second kappa shape index (κ2) is 9.08. The molecule has 8 heteroatoms. The molecule has 0 aliphatic carbocycles. The molecular weight excluding hydrogens is 436 g/mol. The number of anilines is 4. The van der Waals surface area contributed by atoms with Crippen molar-refractivity contribution in [3.8, 4) is 11.1 Å². The van der Waals surface area contributed by atoms with Crippen molar-refractivity contribution in [2.75, 3.05) is 22.1 Å². The van der Waals surface area contributed by atoms with Crippen LogP contribution in [0.2, 0.25) is 0 Å². The highest BCUT2D eigenvalue weighted by Crippen LogP contribution is 2.45. The van der Waals surface area contributed by atoms with Crippen LogP contribution >= 0.6 is 0 Å². The predicted molar refractivity (Wildman–Crippen MR) is 131 cm³/mol. The maximum Gasteiger partial charge on any atom is 0.264 e. The van der Waals surface area contributed by atoms with Gasteiger partial charge in [-0.3, -0.25) is 9.48 Å². The Labute approximate surface area is 198 Å². The molecule has 1 aromatic heterocycles. The summed E-state index contributed by atoms with van der Waals surface area (Å²) in [5.74, 6) is -0.0387. The summed E-state index contributed by atoms with van der Waals surface area (Å²) < 4.78 is 30.4. The Hall–Kier alpha value is -3.42. The molecule has 3 heterocycles. The molecule has 0 saturated heterocycles. The van der Waals surface area contributed by atoms with E-state index in [4.69, 9.17) is 0 Å². The van der Waals surface area contributed by atoms with Crippen LogP contribution in [0.5, 0.6) is 0 Å². The van der Waals surface area contributed by atoms with E-state index in [2.05, 4.69) is 27.6 Å². The molecule has 178 valence electrons. The number of hydrogen-bond acceptors (Lipinski definition) is 4. The molecule has 0 saturated carbocycles. The normalized spacial score (nSPS) is 17.6. The van der Waals surface area contributed by atoms with E-state index in [1.165, 1.54) is 0 Å². The number of nitrogens with one attached hydrogen (secondary N) is 2. The topological polar surface area (TPSA) is 62.2 Å². The molecule has 1 amide bonds. The number of carbonyl (C=O) groups excluding carboxylic acids is 1. The summed E-state index contributed by atoms with van der Waals surface area (Å²) in [6, 6.07) is 9.26. The van der Waals surface area contributed by atoms with E-state index in [0.29, 0.717) is 24.2 Å². The van der Waals surface area contributed by atoms with E-state index in [-0.39, 0.29) is 17.5 Å². The van der Waals surface area contributed by atoms with Crippen molar-refractivity contribution in [3.63, 3.8) is 0 Å². The molecule has 0 bridgehead atoms. The van der Waals surface area contributed by atoms with Gasteiger partial charge in [-0.1, -0.05) is 13.0 Å². The van der Waals surface area contributed by atoms with Gasteiger partial charge in [-0.15, -0.1) is 0 Å². The maximum absolute atomic E-state index is 14.3. The minimum atomic E-state index is -2.61. The number of benzene rings is 2. The zero-order chi connectivity index (χ0) is 23.8. The number of hydrogen-bond donors (Lipinski definition) is 2. The summed E-state index contributed by atoms with van der Waals surface area (Å²) in [7, 11) is 0. The number of para-hydroxylation sites is 1. The lowest BCUT2D eigenvalue weighted by molar-refractivity contribution is -0.116. The van der Waals surface area contributed by atoms with Gasteiger partial charge in [0, 0.05) is 48.6 Å². The van der Waals surface area contributed by atoms with Gasteiger partial charge in [-0.25, -0.2) is 8.78 Å². The number of halogens is 2. The monoisotopic (exact) mass is 465 g/mol. The zero-order valence-corrected chi connectivity index (χ0v) is 19.4. The standard InChI is InChI=1S/C26H29F2N5O/c1-3-9-32-15-18(14-29-32)19-12-17-6-5-10-33(23(17)13-20(19)26(27)28)22-8-4-7-21-25(22)30-16(2)11-24(34)31-21/h4,7-8,12-16,26,30H,3,5-6,9-11H2,1-2H3,(H,31,34)/t16-/m0/s1. The lowest BCUT2D eigenvalue weighted by Crippen LogP contribution is -2.26. The number of fused-ring (bicyclic) bond motifs is 2. The third-order valence-corrected chi connectivity index (χ3v) is 6.49. The fraction of sp³-hybridized carbons (Fsp3) is 0.385. The number of amides is 1. The lowest BCUT2D eigenvalue weighted by atomic mass is 9.92. The predicted octanol–water partition coefficient (Wildman–Crippen LogP) is 6.12. The molecule has 2 aliphatic rings. The molecule has 2 aromatic carbocycles. The summed E-state index contributed by atoms with van der Waals surface area (Å²) in [4.78, 5) is 14.3. The first-order chi connectivity index (χ1) is 16.4. The fourth-order valence-corrected chi connectivity index (χ4v) is 4.98. The number of aryl methyl sites for hydroxylation is 2. The highest BCUT2D eigenvalue weighted by Gasteiger charge is 2.28. The number of nitrogens with zero attached hydrogens (tertiary/aromatic N) is 3. The van der Waals surface area contributed by atoms with Gasteiger partial charge < -0.3 is 15.5 Å². The number of carbonyl (C=O) groups is 1. The quantitative estimate of drug-likeness (QED) is 0.476. The lowest BCUT2D eigenvalue weighted by Gasteiger charge is -2.34. The zero-order valence-electron chi connectivity index (χ0n) is 19.4. The molecule has 0 radical (unpaired) electrons. The van der Waals surface area contributed by atoms with E-state index in [1.807, 2.05) is 37.4 Å². The van der Waals surface area contributed by atoms with Crippen LogP contribution in [-0.2, 0) is 17.8 Å². The van der Waals surface area contributed by atoms with Crippen molar-refractivity contribution in [1.29, 1.82) is 0 Å². The average Bonchev–Trinajstić information content (AvgIpc) is 3.21. The molecule has 2 N–H and O–H groups in total. The van der Waals surface area contributed by atoms with Gasteiger partial charge in [0.15, 0.2) is 0 Å². The number of aromatic nitrogens is 2. The number of rotatable bonds is 5. The Morgan fingerprint density at radius 2 is 2.09 bits per heavy atom. The SMILES string of the molecule is CCCn1cc(-c2cc3c(cc2C(F)F)N(c2cccc4c2N[C@@H](C)CC(=O)N4)CCC3)cn1. The van der Waals surface area contributed by atoms with Crippen LogP contribution < -0.4 is 15.5 Å². The Bertz CT molecular complexity index is 1220. The first-order valence-electron chi connectivity index (χ1n) is 11.9. The molecule has 0 spiro atoms. The summed E-state index contributed by atoms with van der Waals surface area (Å²) in [6.45, 7) is 5.49. The Morgan fingerprint density at radius 3 is 2.88 bits per heavy atom. The fourth-order valence-electron chi connectivity index (χ4n) is 4.98. The first-order valence-corrected chi connectivity index (χ1v) is 11.9. The van der Waals surface area contributed by atoms with Crippen molar-refractivity contribution in [1.82, 2.24) is 9.78 Å². The summed E-state index contributed by atoms with van der Waals surface area (Å²) in [5.41, 5.74) is 5.54. The Kier molecular flexibility index (Phi) is 5.98. The maximum atomic E-state index is 14.3. The van der Waals surface area contributed by atoms with Crippen molar-refractivity contribution >= 4 is 28.7 Å². The van der Waals surface area contributed by atoms with Crippen molar-refractivity contribution < 1.29 is 13.6 Å². The van der Waals surface area contributed by atoms with Gasteiger partial charge in [0.1, 0.15) is 0 Å². The van der Waals surface area contributed by atoms with E-state index in [0.717, 1.165) is 54.0 Å². The summed E-state index contributed by atoms with van der Waals surface area (Å²) in [5, 5.41) is 10.8. The molecule has 34 heavy (non-hydrogen) atoms. The minimum Gasteiger partial charge on any atom is -0.379 e. The van der Waals surface area contributed by atoms with E-state index in [1.54, 1.807) is 16.9 Å². The van der Waals surface area contributed by atoms with Gasteiger partial charge in [0.25, 0.3) is 6.43 Å². The Morgan fingerprint density at radius 1 is 1.24 bits per heavy atom. The molecule has 3 aromatic rings. The third kappa shape index (κ3) is 4.13. The van der Waals surface area contributed by atoms with Gasteiger partial charge in [-0.05, 0) is 61.6 Å². The van der Waals surface area contributed by atoms with Crippen molar-refractivity contribution in [2.45, 2.75) is 58.5 Å². The third-order valence-electron chi connectivity index (χ3n) is 6.49. The largest absolute Gasteiger partial charge is 0.379 e. The van der Waals surface area contributed by atoms with E-state index < -0.39 is 6.43 Å². The van der Waals surface area contributed by atoms with E-state index in [9.17, 15) is 13.6 Å². The average molecular weight is 466 g/mol. The highest BCUT2D eigenvalue weighted by molar-refractivity contribution is 6.00. The van der Waals surface area contributed by atoms with Gasteiger partial charge >= 0.3 is 0 Å². The Balaban J connectivity index is 1.61. The van der Waals surface area contributed by atoms with Crippen LogP contribution in [0.3, 0.4) is 0 Å². The number of alkyl halides is 2. The minimum absolute atomic E-state index is 0.0124. The van der Waals surface area contributed by atoms with Crippen LogP contribution in [0, 0.1) is 0 Å². The molecular formula is C26H29F2N5O. The van der Waals surface area contributed by atoms with Crippen LogP contribution in [0.25, 0.3) is 11.1 Å². The second-order valence-electron chi connectivity index (χ2n) is 9.11. The van der Waals surface area contributed by atoms with Crippen LogP contribution in [-0.4, -0.2) is 28.3 Å². The molecule has 2 aliphatic heterocycles. The summed E-state index contributed by atoms with van der Waals surface area (Å²) in [6.07, 6.45) is 3.94. The van der Waals surface area contributed by atoms with Crippen molar-refractivity contribution in [3.05, 3.63) is 53.9 Å². The van der Waals surface area contributed by atoms with Gasteiger partial charge in [0.05, 0.1) is 23.3 Å². The second-order valence-corrected chi connectivity index (χ2v) is 9.11. The molecule has 0 unspecified atom stereocenters. The summed E-state index contributed by atoms with van der Waals surface area (Å²) >= 11 is 0. The van der Waals surface area contributed by atoms with Gasteiger partial charge in [-0.2, -0.15) is 5.10 Å². The molecule has 6 nitrogen and oxygen atoms in total. The van der Waals surface area contributed by atoms with Gasteiger partial charge in [0.2, 0.25) is 5.91 Å². The van der Waals surface area contributed by atoms with E-state index >= 15 is 0 Å². The first kappa shape index (κ1) is 22.4. The van der Waals surface area contributed by atoms with Crippen molar-refractivity contribution in [2.24, 2.45) is 0 Å². The smallest absolute Gasteiger partial charge is 0.264 e. The highest BCUT2D eigenvalue weighted by atomic mass is 19.3. The van der Waals surface area contributed by atoms with Crippen LogP contribution in [0.15, 0.2) is 42.7 Å². The molecule has 1 atom stereocenters. The molecule has 0 fully saturated rings. The van der Waals surface area contributed by atoms with Crippen LogP contribution in [0.4, 0.5) is 31.5 Å². The molecule has 5 rings (SSSR count). The van der Waals surface area contributed by atoms with Crippen LogP contribution in [0.1, 0.15) is 50.7 Å².